The van der Waals surface area contributed by atoms with Crippen LogP contribution >= 0.6 is 12.1 Å². The minimum Gasteiger partial charge on any atom is -0.0826 e. The van der Waals surface area contributed by atoms with Crippen LogP contribution in [-0.2, 0) is 29.0 Å². The molecule has 13 rings (SSSR count). The monoisotopic (exact) mass is 978 g/mol. The molecule has 0 radical (unpaired) electrons. The van der Waals surface area contributed by atoms with Gasteiger partial charge in [0.1, 0.15) is 0 Å². The van der Waals surface area contributed by atoms with E-state index in [1.807, 2.05) is 60.7 Å². The molecule has 0 amide bonds. The van der Waals surface area contributed by atoms with Crippen molar-refractivity contribution in [3.05, 3.63) is 289 Å². The van der Waals surface area contributed by atoms with Gasteiger partial charge in [0.25, 0.3) is 0 Å². The molecule has 2 aliphatic carbocycles. The van der Waals surface area contributed by atoms with Crippen LogP contribution in [0.25, 0.3) is 55.3 Å². The molecule has 11 aromatic rings. The molecule has 1 spiro atoms. The largest absolute Gasteiger partial charge is 0.0826 e. The Hall–Kier alpha value is -7.02. The molecule has 4 heteroatoms. The topological polar surface area (TPSA) is 0 Å². The Morgan fingerprint density at radius 2 is 0.725 bits per heavy atom. The van der Waals surface area contributed by atoms with Crippen molar-refractivity contribution in [1.29, 1.82) is 0 Å². The van der Waals surface area contributed by atoms with Crippen LogP contribution in [0.15, 0.2) is 266 Å². The average molecular weight is 979 g/mol. The van der Waals surface area contributed by atoms with Crippen LogP contribution in [0.5, 0.6) is 0 Å². The fraction of sp³-hybridized carbons (Fsp3) is 0.0154. The van der Waals surface area contributed by atoms with Crippen molar-refractivity contribution in [3.63, 3.8) is 0 Å². The fourth-order valence-electron chi connectivity index (χ4n) is 9.75. The Bertz CT molecular complexity index is 5020. The van der Waals surface area contributed by atoms with Gasteiger partial charge >= 0.3 is 0 Å². The molecule has 0 unspecified atom stereocenters. The van der Waals surface area contributed by atoms with Gasteiger partial charge in [-0.15, -0.1) is 0 Å². The van der Waals surface area contributed by atoms with Crippen LogP contribution in [0.3, 0.4) is 0 Å². The number of hydrogen-bond acceptors (Lipinski definition) is 2. The third-order valence-electron chi connectivity index (χ3n) is 12.7. The smallest absolute Gasteiger partial charge is 0.0726 e. The fourth-order valence-corrected chi connectivity index (χ4v) is 15.3. The molecule has 0 nitrogen and oxygen atoms in total. The second kappa shape index (κ2) is 16.6. The van der Waals surface area contributed by atoms with Crippen molar-refractivity contribution < 1.29 is 38.4 Å². The molecule has 2 aliphatic rings. The summed E-state index contributed by atoms with van der Waals surface area (Å²) in [4.78, 5) is 0. The van der Waals surface area contributed by atoms with Gasteiger partial charge in [0.05, 0.1) is 43.8 Å². The molecular weight excluding hydrogens is 907 g/mol. The minimum absolute atomic E-state index is 0.0875. The lowest BCUT2D eigenvalue weighted by molar-refractivity contribution is 0.795. The van der Waals surface area contributed by atoms with Crippen molar-refractivity contribution in [3.8, 4) is 44.5 Å². The van der Waals surface area contributed by atoms with E-state index in [1.165, 1.54) is 0 Å². The van der Waals surface area contributed by atoms with Crippen LogP contribution in [-0.4, -0.2) is 0 Å². The number of fused-ring (bicyclic) bond motifs is 12. The maximum Gasteiger partial charge on any atom is 0.0726 e. The van der Waals surface area contributed by atoms with Gasteiger partial charge in [-0.25, -0.2) is 0 Å². The summed E-state index contributed by atoms with van der Waals surface area (Å²) < 4.78 is 255. The van der Waals surface area contributed by atoms with Gasteiger partial charge < -0.3 is 0 Å². The lowest BCUT2D eigenvalue weighted by atomic mass is 9.69. The minimum atomic E-state index is -4.89. The van der Waals surface area contributed by atoms with E-state index in [-0.39, 0.29) is 22.3 Å². The summed E-state index contributed by atoms with van der Waals surface area (Å²) in [5, 5.41) is -2.83. The van der Waals surface area contributed by atoms with Crippen molar-refractivity contribution in [2.75, 3.05) is 0 Å². The van der Waals surface area contributed by atoms with Gasteiger partial charge in [0, 0.05) is 12.1 Å². The lowest BCUT2D eigenvalue weighted by Gasteiger charge is -2.31. The number of hydrogen-bond donors (Lipinski definition) is 0. The first-order valence-electron chi connectivity index (χ1n) is 35.2. The molecule has 11 aromatic carbocycles. The highest BCUT2D eigenvalue weighted by Gasteiger charge is 2.52. The van der Waals surface area contributed by atoms with Crippen LogP contribution in [0.4, 0.5) is 0 Å². The van der Waals surface area contributed by atoms with Gasteiger partial charge in [0.2, 0.25) is 0 Å². The Labute approximate surface area is 454 Å². The first kappa shape index (κ1) is 22.2. The second-order valence-electron chi connectivity index (χ2n) is 16.1. The van der Waals surface area contributed by atoms with Crippen molar-refractivity contribution in [2.24, 2.45) is 0 Å². The quantitative estimate of drug-likeness (QED) is 0.139. The normalized spacial score (nSPS) is 18.8. The molecule has 0 N–H and O–H groups in total. The van der Waals surface area contributed by atoms with E-state index < -0.39 is 219 Å². The van der Waals surface area contributed by atoms with Crippen molar-refractivity contribution in [2.45, 2.75) is 5.41 Å². The summed E-state index contributed by atoms with van der Waals surface area (Å²) in [7, 11) is 0. The van der Waals surface area contributed by atoms with Crippen molar-refractivity contribution >= 4 is 78.3 Å². The molecule has 326 valence electrons. The van der Waals surface area contributed by atoms with E-state index in [2.05, 4.69) is 0 Å². The van der Waals surface area contributed by atoms with E-state index >= 15 is 0 Å². The van der Waals surface area contributed by atoms with Gasteiger partial charge in [-0.3, -0.25) is 0 Å². The highest BCUT2D eigenvalue weighted by molar-refractivity contribution is 8.26. The molecule has 0 atom stereocenters. The van der Waals surface area contributed by atoms with E-state index in [1.54, 1.807) is 36.4 Å². The maximum absolute atomic E-state index is 9.89. The van der Waals surface area contributed by atoms with Crippen LogP contribution in [0.1, 0.15) is 60.6 Å². The SMILES string of the molecule is [2H]c1c([2H])c([2H])c(P(=S)(c2c([2H])c([2H])c([2H])c([2H])c2[2H])c2c([2H])c([2H])c(-c3ccc4c(c3)C3(c5cc(-c6c([2H])c([2H])c(P(=S)(c7c([2H])c([2H])c([2H])c([2H])c7[2H])c7c([2H])c([2H])c([2H])c([2H])c7[2H])c([2H])c6[2H])ccc5-4)c4ccccc4-c4c3ccc3ccccc43)c([2H])c2[2H])c([2H])c1[2H]. The van der Waals surface area contributed by atoms with Gasteiger partial charge in [-0.1, -0.05) is 278 Å². The molecular formula is C65H44P2S2. The third kappa shape index (κ3) is 6.41. The zero-order valence-electron chi connectivity index (χ0n) is 63.4. The van der Waals surface area contributed by atoms with Gasteiger partial charge in [0.15, 0.2) is 0 Å². The first-order chi connectivity index (χ1) is 45.6. The van der Waals surface area contributed by atoms with E-state index in [0.717, 1.165) is 21.9 Å². The average Bonchev–Trinajstić information content (AvgIpc) is 1.53. The standard InChI is InChI=1S/C65H44P2S2/c68-66(50-18-5-1-6-19-50,51-20-7-2-8-21-51)54-36-29-45(30-37-54)48-33-40-57-58-41-34-49(46-31-38-55(39-32-46)67(69,52-22-9-3-10-23-52)53-24-11-4-12-25-53)44-63(58)65(62(57)43-48)60-28-16-15-27-59(60)64-56-26-14-13-17-47(56)35-42-61(64)65/h1-44H/i1D,2D,3D,4D,5D,6D,7D,8D,9D,10D,11D,12D,18D,19D,20D,21D,22D,23D,24D,25D,29D,30D,31D,32D,36D,37D,38D,39D. The van der Waals surface area contributed by atoms with E-state index in [9.17, 15) is 11.0 Å². The third-order valence-corrected chi connectivity index (χ3v) is 21.1. The Morgan fingerprint density at radius 1 is 0.319 bits per heavy atom. The second-order valence-corrected chi connectivity index (χ2v) is 24.5. The zero-order chi connectivity index (χ0) is 70.5. The lowest BCUT2D eigenvalue weighted by Crippen LogP contribution is -2.26. The van der Waals surface area contributed by atoms with Gasteiger partial charge in [-0.05, 0) is 121 Å². The van der Waals surface area contributed by atoms with Gasteiger partial charge in [-0.2, -0.15) is 0 Å². The Morgan fingerprint density at radius 3 is 1.19 bits per heavy atom. The summed E-state index contributed by atoms with van der Waals surface area (Å²) in [5.41, 5.74) is 3.20. The highest BCUT2D eigenvalue weighted by atomic mass is 32.4. The van der Waals surface area contributed by atoms with Crippen LogP contribution < -0.4 is 31.8 Å². The van der Waals surface area contributed by atoms with E-state index in [4.69, 9.17) is 51.0 Å². The highest BCUT2D eigenvalue weighted by Crippen LogP contribution is 2.64. The molecule has 0 bridgehead atoms. The summed E-state index contributed by atoms with van der Waals surface area (Å²) in [6.45, 7) is 0. The van der Waals surface area contributed by atoms with E-state index in [0.29, 0.717) is 33.4 Å². The summed E-state index contributed by atoms with van der Waals surface area (Å²) in [6, 6.07) is -5.87. The molecule has 0 aliphatic heterocycles. The molecule has 69 heavy (non-hydrogen) atoms. The predicted octanol–water partition coefficient (Wildman–Crippen LogP) is 14.0. The molecule has 0 fully saturated rings. The zero-order valence-corrected chi connectivity index (χ0v) is 38.9. The predicted molar refractivity (Wildman–Crippen MR) is 303 cm³/mol. The maximum atomic E-state index is 9.89. The number of benzene rings is 11. The van der Waals surface area contributed by atoms with Crippen LogP contribution in [0.2, 0.25) is 0 Å². The first-order valence-corrected chi connectivity index (χ1v) is 26.9. The Balaban J connectivity index is 1.08. The molecule has 0 saturated carbocycles. The van der Waals surface area contributed by atoms with Crippen LogP contribution in [0, 0.1) is 0 Å². The molecule has 0 aromatic heterocycles. The van der Waals surface area contributed by atoms with Crippen molar-refractivity contribution in [1.82, 2.24) is 0 Å². The summed E-state index contributed by atoms with van der Waals surface area (Å²) in [5.74, 6) is 0. The number of rotatable bonds is 8. The molecule has 0 saturated heterocycles. The Kier molecular flexibility index (Phi) is 5.33. The summed E-state index contributed by atoms with van der Waals surface area (Å²) in [6.07, 6.45) is 0. The molecule has 0 heterocycles. The summed E-state index contributed by atoms with van der Waals surface area (Å²) >= 11 is 12.7.